The number of aryl methyl sites for hydroxylation is 4. The van der Waals surface area contributed by atoms with Crippen molar-refractivity contribution >= 4 is 57.7 Å². The molecular formula is C37H37N9O9. The van der Waals surface area contributed by atoms with Gasteiger partial charge in [-0.05, 0) is 37.1 Å². The van der Waals surface area contributed by atoms with E-state index in [0.29, 0.717) is 59.0 Å². The number of hydrogen-bond acceptors (Lipinski definition) is 12. The third kappa shape index (κ3) is 7.08. The van der Waals surface area contributed by atoms with Crippen LogP contribution in [0.5, 0.6) is 11.5 Å². The number of rotatable bonds is 8. The summed E-state index contributed by atoms with van der Waals surface area (Å²) in [6, 6.07) is 5.83. The summed E-state index contributed by atoms with van der Waals surface area (Å²) in [5.74, 6) is -1.50. The molecule has 0 radical (unpaired) electrons. The first-order valence-electron chi connectivity index (χ1n) is 17.5. The molecule has 3 amide bonds. The number of aromatic carboxylic acids is 1. The molecule has 0 atom stereocenters. The SMILES string of the molecule is CCc1nc(C)oc1C(=O)Nc1nc2cc(C(N)=O)cc3c2n1C/C=C/Cn1c(NC(=O)c2oc(C)nc2CC)nc2cc(C(=O)O)cc(c21)OCCCO3. The molecule has 18 nitrogen and oxygen atoms in total. The van der Waals surface area contributed by atoms with Crippen LogP contribution < -0.4 is 25.8 Å². The molecule has 1 aliphatic heterocycles. The molecule has 2 aromatic carbocycles. The average molecular weight is 752 g/mol. The molecule has 0 unspecified atom stereocenters. The van der Waals surface area contributed by atoms with Crippen molar-refractivity contribution in [2.24, 2.45) is 5.73 Å². The van der Waals surface area contributed by atoms with Crippen LogP contribution in [0, 0.1) is 13.8 Å². The van der Waals surface area contributed by atoms with Gasteiger partial charge in [0.25, 0.3) is 11.8 Å². The minimum atomic E-state index is -1.19. The summed E-state index contributed by atoms with van der Waals surface area (Å²) in [7, 11) is 0. The number of primary amides is 1. The molecule has 18 heteroatoms. The molecule has 5 N–H and O–H groups in total. The molecule has 1 aliphatic rings. The summed E-state index contributed by atoms with van der Waals surface area (Å²) in [6.07, 6.45) is 4.84. The van der Waals surface area contributed by atoms with E-state index >= 15 is 0 Å². The molecule has 6 aromatic rings. The fraction of sp³-hybridized carbons (Fsp3) is 0.297. The molecular weight excluding hydrogens is 714 g/mol. The molecule has 55 heavy (non-hydrogen) atoms. The number of allylic oxidation sites excluding steroid dienone is 2. The Morgan fingerprint density at radius 2 is 1.18 bits per heavy atom. The van der Waals surface area contributed by atoms with Crippen molar-refractivity contribution in [2.45, 2.75) is 60.0 Å². The summed E-state index contributed by atoms with van der Waals surface area (Å²) >= 11 is 0. The van der Waals surface area contributed by atoms with Crippen LogP contribution >= 0.6 is 0 Å². The Morgan fingerprint density at radius 3 is 1.62 bits per heavy atom. The molecule has 4 aromatic heterocycles. The van der Waals surface area contributed by atoms with E-state index in [-0.39, 0.29) is 77.9 Å². The van der Waals surface area contributed by atoms with Gasteiger partial charge in [0.05, 0.1) is 41.2 Å². The number of aromatic nitrogens is 6. The topological polar surface area (TPSA) is 245 Å². The van der Waals surface area contributed by atoms with Crippen molar-refractivity contribution in [3.63, 3.8) is 0 Å². The van der Waals surface area contributed by atoms with Gasteiger partial charge in [-0.2, -0.15) is 0 Å². The Morgan fingerprint density at radius 1 is 0.727 bits per heavy atom. The van der Waals surface area contributed by atoms with Crippen LogP contribution in [0.3, 0.4) is 0 Å². The highest BCUT2D eigenvalue weighted by molar-refractivity contribution is 6.05. The van der Waals surface area contributed by atoms with Gasteiger partial charge >= 0.3 is 5.97 Å². The lowest BCUT2D eigenvalue weighted by Gasteiger charge is -2.13. The van der Waals surface area contributed by atoms with Gasteiger partial charge in [0, 0.05) is 38.9 Å². The molecule has 5 heterocycles. The summed E-state index contributed by atoms with van der Waals surface area (Å²) < 4.78 is 27.0. The predicted molar refractivity (Wildman–Crippen MR) is 197 cm³/mol. The molecule has 0 saturated carbocycles. The minimum absolute atomic E-state index is 0.0404. The number of carbonyl (C=O) groups is 4. The standard InChI is InChI=1S/C37H37N9O9/c1-5-22-30(54-18(3)39-22)33(48)43-36-41-24-14-20(32(38)47)16-26-28(24)45(36)10-7-8-11-46-29-25(15-21(35(50)51)17-27(29)53-13-9-12-52-26)42-37(46)44-34(49)31-23(6-2)40-19(4)55-31/h7-8,14-17H,5-6,9-13H2,1-4H3,(H2,38,47)(H,50,51)(H,41,43,48)(H,42,44,49)/b8-7+. The number of amides is 3. The number of imidazole rings is 2. The summed E-state index contributed by atoms with van der Waals surface area (Å²) in [5.41, 5.74) is 8.24. The van der Waals surface area contributed by atoms with E-state index in [2.05, 4.69) is 30.6 Å². The van der Waals surface area contributed by atoms with Gasteiger partial charge in [-0.1, -0.05) is 26.0 Å². The second kappa shape index (κ2) is 14.8. The van der Waals surface area contributed by atoms with Crippen molar-refractivity contribution in [3.8, 4) is 11.5 Å². The Balaban J connectivity index is 1.32. The number of nitrogens with zero attached hydrogens (tertiary/aromatic N) is 6. The fourth-order valence-electron chi connectivity index (χ4n) is 6.37. The van der Waals surface area contributed by atoms with E-state index in [1.807, 2.05) is 13.8 Å². The number of hydrogen-bond donors (Lipinski definition) is 4. The van der Waals surface area contributed by atoms with Gasteiger partial charge < -0.3 is 38.3 Å². The molecule has 284 valence electrons. The first kappa shape index (κ1) is 36.4. The van der Waals surface area contributed by atoms with Crippen LogP contribution in [0.4, 0.5) is 11.9 Å². The molecule has 0 spiro atoms. The highest BCUT2D eigenvalue weighted by Gasteiger charge is 2.26. The smallest absolute Gasteiger partial charge is 0.335 e. The largest absolute Gasteiger partial charge is 0.491 e. The Bertz CT molecular complexity index is 2370. The maximum atomic E-state index is 13.5. The van der Waals surface area contributed by atoms with Crippen LogP contribution in [-0.2, 0) is 25.9 Å². The third-order valence-corrected chi connectivity index (χ3v) is 8.83. The van der Waals surface area contributed by atoms with Crippen LogP contribution in [-0.4, -0.2) is 71.1 Å². The zero-order chi connectivity index (χ0) is 39.0. The van der Waals surface area contributed by atoms with Gasteiger partial charge in [-0.15, -0.1) is 0 Å². The number of carbonyl (C=O) groups excluding carboxylic acids is 3. The number of nitrogens with two attached hydrogens (primary N) is 1. The molecule has 0 fully saturated rings. The third-order valence-electron chi connectivity index (χ3n) is 8.83. The Hall–Kier alpha value is -6.98. The lowest BCUT2D eigenvalue weighted by molar-refractivity contribution is 0.0695. The maximum absolute atomic E-state index is 13.5. The summed E-state index contributed by atoms with van der Waals surface area (Å²) in [6.45, 7) is 7.48. The number of ether oxygens (including phenoxy) is 2. The normalized spacial score (nSPS) is 13.7. The molecule has 0 bridgehead atoms. The summed E-state index contributed by atoms with van der Waals surface area (Å²) in [5, 5.41) is 15.6. The molecule has 0 aliphatic carbocycles. The zero-order valence-corrected chi connectivity index (χ0v) is 30.4. The first-order chi connectivity index (χ1) is 26.4. The lowest BCUT2D eigenvalue weighted by atomic mass is 10.1. The van der Waals surface area contributed by atoms with E-state index in [0.717, 1.165) is 0 Å². The zero-order valence-electron chi connectivity index (χ0n) is 30.4. The quantitative estimate of drug-likeness (QED) is 0.153. The van der Waals surface area contributed by atoms with Crippen molar-refractivity contribution in [2.75, 3.05) is 23.8 Å². The number of nitrogens with one attached hydrogen (secondary N) is 2. The number of oxazole rings is 2. The van der Waals surface area contributed by atoms with Crippen LogP contribution in [0.15, 0.2) is 45.3 Å². The Labute approximate surface area is 312 Å². The van der Waals surface area contributed by atoms with E-state index < -0.39 is 23.7 Å². The first-order valence-corrected chi connectivity index (χ1v) is 17.5. The lowest BCUT2D eigenvalue weighted by Crippen LogP contribution is -2.17. The van der Waals surface area contributed by atoms with Gasteiger partial charge in [0.15, 0.2) is 11.8 Å². The van der Waals surface area contributed by atoms with E-state index in [1.165, 1.54) is 24.3 Å². The maximum Gasteiger partial charge on any atom is 0.335 e. The van der Waals surface area contributed by atoms with Gasteiger partial charge in [0.2, 0.25) is 29.3 Å². The van der Waals surface area contributed by atoms with Crippen LogP contribution in [0.1, 0.15) is 85.3 Å². The van der Waals surface area contributed by atoms with Crippen molar-refractivity contribution in [1.82, 2.24) is 29.1 Å². The number of carboxylic acids is 1. The second-order valence-corrected chi connectivity index (χ2v) is 12.6. The predicted octanol–water partition coefficient (Wildman–Crippen LogP) is 4.82. The molecule has 7 rings (SSSR count). The van der Waals surface area contributed by atoms with E-state index in [9.17, 15) is 24.3 Å². The highest BCUT2D eigenvalue weighted by Crippen LogP contribution is 2.34. The van der Waals surface area contributed by atoms with Crippen LogP contribution in [0.2, 0.25) is 0 Å². The van der Waals surface area contributed by atoms with Crippen LogP contribution in [0.25, 0.3) is 22.1 Å². The Kier molecular flexibility index (Phi) is 9.79. The van der Waals surface area contributed by atoms with Crippen molar-refractivity contribution in [3.05, 3.63) is 82.2 Å². The average Bonchev–Trinajstić information content (AvgIpc) is 3.91. The second-order valence-electron chi connectivity index (χ2n) is 12.6. The number of anilines is 2. The van der Waals surface area contributed by atoms with E-state index in [1.54, 1.807) is 35.1 Å². The summed E-state index contributed by atoms with van der Waals surface area (Å²) in [4.78, 5) is 69.4. The number of carboxylic acid groups (broad SMARTS) is 1. The minimum Gasteiger partial charge on any atom is -0.491 e. The van der Waals surface area contributed by atoms with E-state index in [4.69, 9.17) is 24.0 Å². The van der Waals surface area contributed by atoms with Gasteiger partial charge in [0.1, 0.15) is 22.5 Å². The van der Waals surface area contributed by atoms with Gasteiger partial charge in [-0.3, -0.25) is 25.0 Å². The van der Waals surface area contributed by atoms with Crippen molar-refractivity contribution in [1.29, 1.82) is 0 Å². The fourth-order valence-corrected chi connectivity index (χ4v) is 6.37. The number of benzene rings is 2. The monoisotopic (exact) mass is 751 g/mol. The highest BCUT2D eigenvalue weighted by atomic mass is 16.5. The van der Waals surface area contributed by atoms with Gasteiger partial charge in [-0.25, -0.2) is 24.7 Å². The molecule has 0 saturated heterocycles. The van der Waals surface area contributed by atoms with Crippen molar-refractivity contribution < 1.29 is 42.6 Å².